The topological polar surface area (TPSA) is 113 Å². The number of hydrogen-bond donors (Lipinski definition) is 1. The summed E-state index contributed by atoms with van der Waals surface area (Å²) in [5, 5.41) is 10.3. The maximum atomic E-state index is 10.3. The van der Waals surface area contributed by atoms with Crippen molar-refractivity contribution in [3.8, 4) is 0 Å². The molecule has 2 rings (SSSR count). The van der Waals surface area contributed by atoms with Gasteiger partial charge in [0.25, 0.3) is 0 Å². The molecule has 2 aliphatic rings. The van der Waals surface area contributed by atoms with E-state index < -0.39 is 61.4 Å². The summed E-state index contributed by atoms with van der Waals surface area (Å²) in [7, 11) is 10.8. The van der Waals surface area contributed by atoms with Crippen LogP contribution in [0.25, 0.3) is 0 Å². The summed E-state index contributed by atoms with van der Waals surface area (Å²) in [6.45, 7) is 0.433. The minimum absolute atomic E-state index is 0.165. The fourth-order valence-corrected chi connectivity index (χ4v) is 4.12. The zero-order chi connectivity index (χ0) is 22.3. The summed E-state index contributed by atoms with van der Waals surface area (Å²) in [4.78, 5) is 0. The number of rotatable bonds is 11. The molecule has 0 aromatic carbocycles. The van der Waals surface area contributed by atoms with Crippen molar-refractivity contribution in [2.75, 3.05) is 63.0 Å². The Bertz CT molecular complexity index is 481. The molecule has 0 spiro atoms. The molecule has 178 valence electrons. The van der Waals surface area contributed by atoms with Crippen molar-refractivity contribution in [2.45, 2.75) is 61.4 Å². The summed E-state index contributed by atoms with van der Waals surface area (Å²) in [6, 6.07) is 0. The number of hydrogen-bond acceptors (Lipinski definition) is 11. The first-order chi connectivity index (χ1) is 14.5. The van der Waals surface area contributed by atoms with Gasteiger partial charge in [0.2, 0.25) is 0 Å². The van der Waals surface area contributed by atoms with Crippen LogP contribution in [0.1, 0.15) is 0 Å². The third-order valence-corrected chi connectivity index (χ3v) is 5.51. The Hall–Kier alpha value is -0.440. The summed E-state index contributed by atoms with van der Waals surface area (Å²) >= 11 is 0. The third kappa shape index (κ3) is 5.48. The van der Waals surface area contributed by atoms with E-state index in [0.29, 0.717) is 0 Å². The second-order valence-electron chi connectivity index (χ2n) is 7.12. The molecule has 0 aromatic rings. The first kappa shape index (κ1) is 25.8. The number of methoxy groups -OCH3 is 7. The summed E-state index contributed by atoms with van der Waals surface area (Å²) in [5.74, 6) is 0. The molecule has 2 aliphatic heterocycles. The highest BCUT2D eigenvalue weighted by atomic mass is 16.7. The van der Waals surface area contributed by atoms with Crippen LogP contribution < -0.4 is 0 Å². The lowest BCUT2D eigenvalue weighted by Gasteiger charge is -2.48. The third-order valence-electron chi connectivity index (χ3n) is 5.51. The van der Waals surface area contributed by atoms with E-state index in [4.69, 9.17) is 47.4 Å². The van der Waals surface area contributed by atoms with E-state index in [1.807, 2.05) is 0 Å². The quantitative estimate of drug-likeness (QED) is 0.435. The van der Waals surface area contributed by atoms with E-state index in [9.17, 15) is 5.11 Å². The zero-order valence-corrected chi connectivity index (χ0v) is 18.7. The van der Waals surface area contributed by atoms with E-state index in [0.717, 1.165) is 0 Å². The van der Waals surface area contributed by atoms with Crippen molar-refractivity contribution in [3.05, 3.63) is 0 Å². The molecular weight excluding hydrogens is 404 g/mol. The minimum Gasteiger partial charge on any atom is -0.382 e. The van der Waals surface area contributed by atoms with E-state index in [2.05, 4.69) is 0 Å². The van der Waals surface area contributed by atoms with Crippen LogP contribution in [0.3, 0.4) is 0 Å². The Morgan fingerprint density at radius 1 is 0.567 bits per heavy atom. The molecule has 0 aromatic heterocycles. The van der Waals surface area contributed by atoms with Crippen LogP contribution in [0.2, 0.25) is 0 Å². The molecule has 2 heterocycles. The zero-order valence-electron chi connectivity index (χ0n) is 18.7. The Labute approximate surface area is 177 Å². The number of ether oxygens (including phenoxy) is 10. The van der Waals surface area contributed by atoms with Crippen LogP contribution in [-0.4, -0.2) is 130 Å². The highest BCUT2D eigenvalue weighted by Gasteiger charge is 2.52. The lowest BCUT2D eigenvalue weighted by molar-refractivity contribution is -0.363. The highest BCUT2D eigenvalue weighted by molar-refractivity contribution is 4.96. The largest absolute Gasteiger partial charge is 0.382 e. The van der Waals surface area contributed by atoms with Gasteiger partial charge in [0, 0.05) is 49.8 Å². The van der Waals surface area contributed by atoms with Crippen LogP contribution in [0.15, 0.2) is 0 Å². The summed E-state index contributed by atoms with van der Waals surface area (Å²) in [6.07, 6.45) is -6.77. The van der Waals surface area contributed by atoms with Gasteiger partial charge in [0.15, 0.2) is 12.6 Å². The smallest absolute Gasteiger partial charge is 0.187 e. The molecule has 2 unspecified atom stereocenters. The molecule has 30 heavy (non-hydrogen) atoms. The van der Waals surface area contributed by atoms with E-state index in [1.54, 1.807) is 28.4 Å². The monoisotopic (exact) mass is 440 g/mol. The van der Waals surface area contributed by atoms with Gasteiger partial charge in [-0.15, -0.1) is 0 Å². The van der Waals surface area contributed by atoms with Gasteiger partial charge in [-0.25, -0.2) is 0 Å². The summed E-state index contributed by atoms with van der Waals surface area (Å²) in [5.41, 5.74) is 0. The number of aliphatic hydroxyl groups is 1. The predicted molar refractivity (Wildman–Crippen MR) is 102 cm³/mol. The van der Waals surface area contributed by atoms with Crippen molar-refractivity contribution in [3.63, 3.8) is 0 Å². The standard InChI is InChI=1S/C19H36O11/c1-21-8-10-12(23-3)14(24-4)17(27-7)19(29-10)30-13-11(9-22-2)28-18(20)16(26-6)15(13)25-5/h10-20H,8-9H2,1-7H3/t10?,11?,12-,13-,14-,15-,16+,17+,18-,19+/m1/s1. The van der Waals surface area contributed by atoms with Crippen molar-refractivity contribution in [2.24, 2.45) is 0 Å². The second kappa shape index (κ2) is 12.6. The molecule has 11 nitrogen and oxygen atoms in total. The minimum atomic E-state index is -1.20. The molecule has 10 atom stereocenters. The van der Waals surface area contributed by atoms with Crippen LogP contribution in [0.5, 0.6) is 0 Å². The fourth-order valence-electron chi connectivity index (χ4n) is 4.12. The molecule has 0 bridgehead atoms. The molecule has 11 heteroatoms. The van der Waals surface area contributed by atoms with Crippen molar-refractivity contribution < 1.29 is 52.5 Å². The van der Waals surface area contributed by atoms with Gasteiger partial charge < -0.3 is 52.5 Å². The Morgan fingerprint density at radius 3 is 1.50 bits per heavy atom. The van der Waals surface area contributed by atoms with Crippen LogP contribution in [-0.2, 0) is 47.4 Å². The SMILES string of the molecule is COCC1O[C@@H](O[C@@H]2C(COC)O[C@@H](O)[C@@H](OC)[C@@H]2OC)[C@@H](OC)[C@H](OC)[C@@H]1OC. The van der Waals surface area contributed by atoms with Gasteiger partial charge in [-0.3, -0.25) is 0 Å². The number of aliphatic hydroxyl groups excluding tert-OH is 1. The highest BCUT2D eigenvalue weighted by Crippen LogP contribution is 2.33. The molecule has 1 N–H and O–H groups in total. The van der Waals surface area contributed by atoms with Gasteiger partial charge in [0.05, 0.1) is 13.2 Å². The van der Waals surface area contributed by atoms with Crippen LogP contribution in [0.4, 0.5) is 0 Å². The van der Waals surface area contributed by atoms with Gasteiger partial charge in [-0.05, 0) is 0 Å². The fraction of sp³-hybridized carbons (Fsp3) is 1.00. The first-order valence-electron chi connectivity index (χ1n) is 9.77. The average Bonchev–Trinajstić information content (AvgIpc) is 2.74. The summed E-state index contributed by atoms with van der Waals surface area (Å²) < 4.78 is 56.6. The van der Waals surface area contributed by atoms with E-state index in [1.165, 1.54) is 21.3 Å². The van der Waals surface area contributed by atoms with Crippen LogP contribution >= 0.6 is 0 Å². The molecule has 0 aliphatic carbocycles. The molecular formula is C19H36O11. The Kier molecular flexibility index (Phi) is 10.8. The first-order valence-corrected chi connectivity index (χ1v) is 9.77. The Balaban J connectivity index is 2.31. The Morgan fingerprint density at radius 2 is 1.03 bits per heavy atom. The molecule has 2 fully saturated rings. The van der Waals surface area contributed by atoms with E-state index >= 15 is 0 Å². The predicted octanol–water partition coefficient (Wildman–Crippen LogP) is -0.818. The lowest BCUT2D eigenvalue weighted by atomic mass is 9.96. The average molecular weight is 440 g/mol. The van der Waals surface area contributed by atoms with Crippen molar-refractivity contribution >= 4 is 0 Å². The lowest BCUT2D eigenvalue weighted by Crippen LogP contribution is -2.65. The van der Waals surface area contributed by atoms with Crippen molar-refractivity contribution in [1.29, 1.82) is 0 Å². The normalized spacial score (nSPS) is 42.4. The van der Waals surface area contributed by atoms with Gasteiger partial charge >= 0.3 is 0 Å². The molecule has 0 radical (unpaired) electrons. The van der Waals surface area contributed by atoms with Crippen molar-refractivity contribution in [1.82, 2.24) is 0 Å². The molecule has 0 amide bonds. The van der Waals surface area contributed by atoms with Gasteiger partial charge in [-0.1, -0.05) is 0 Å². The second-order valence-corrected chi connectivity index (χ2v) is 7.12. The van der Waals surface area contributed by atoms with E-state index in [-0.39, 0.29) is 13.2 Å². The maximum absolute atomic E-state index is 10.3. The van der Waals surface area contributed by atoms with Crippen LogP contribution in [0, 0.1) is 0 Å². The maximum Gasteiger partial charge on any atom is 0.187 e. The molecule has 0 saturated carbocycles. The molecule has 2 saturated heterocycles. The van der Waals surface area contributed by atoms with Gasteiger partial charge in [0.1, 0.15) is 48.8 Å². The van der Waals surface area contributed by atoms with Gasteiger partial charge in [-0.2, -0.15) is 0 Å².